The van der Waals surface area contributed by atoms with Crippen molar-refractivity contribution in [1.29, 1.82) is 0 Å². The molecular weight excluding hydrogens is 356 g/mol. The van der Waals surface area contributed by atoms with E-state index in [1.54, 1.807) is 0 Å². The smallest absolute Gasteiger partial charge is 0.139 e. The Kier molecular flexibility index (Phi) is 3.91. The van der Waals surface area contributed by atoms with E-state index in [1.807, 2.05) is 30.3 Å². The summed E-state index contributed by atoms with van der Waals surface area (Å²) in [7, 11) is 0. The molecule has 0 unspecified atom stereocenters. The number of aromatic hydroxyl groups is 1. The van der Waals surface area contributed by atoms with E-state index in [1.165, 1.54) is 11.1 Å². The first-order chi connectivity index (χ1) is 13.0. The molecule has 2 nitrogen and oxygen atoms in total. The van der Waals surface area contributed by atoms with Gasteiger partial charge in [0.15, 0.2) is 0 Å². The van der Waals surface area contributed by atoms with Crippen LogP contribution < -0.4 is 0 Å². The third-order valence-electron chi connectivity index (χ3n) is 7.71. The maximum atomic E-state index is 12.5. The summed E-state index contributed by atoms with van der Waals surface area (Å²) in [4.78, 5) is 12.5. The SMILES string of the molecule is C[C@]12CC[C@@H]3c4cc(-c5ccc(Cl)cc5)c(O)cc4CC[C@H]3[C@@H]1CCC2=O. The molecular formula is C24H25ClO2. The van der Waals surface area contributed by atoms with Gasteiger partial charge < -0.3 is 5.11 Å². The van der Waals surface area contributed by atoms with E-state index in [0.29, 0.717) is 34.3 Å². The average molecular weight is 381 g/mol. The zero-order chi connectivity index (χ0) is 18.8. The summed E-state index contributed by atoms with van der Waals surface area (Å²) in [6, 6.07) is 11.9. The van der Waals surface area contributed by atoms with E-state index in [9.17, 15) is 9.90 Å². The van der Waals surface area contributed by atoms with Gasteiger partial charge in [-0.1, -0.05) is 30.7 Å². The van der Waals surface area contributed by atoms with E-state index < -0.39 is 0 Å². The van der Waals surface area contributed by atoms with Crippen molar-refractivity contribution in [2.75, 3.05) is 0 Å². The summed E-state index contributed by atoms with van der Waals surface area (Å²) in [6.07, 6.45) is 6.07. The quantitative estimate of drug-likeness (QED) is 0.645. The van der Waals surface area contributed by atoms with E-state index >= 15 is 0 Å². The number of carbonyl (C=O) groups excluding carboxylic acids is 1. The Morgan fingerprint density at radius 1 is 1.07 bits per heavy atom. The Morgan fingerprint density at radius 3 is 2.63 bits per heavy atom. The van der Waals surface area contributed by atoms with Crippen LogP contribution in [0.2, 0.25) is 5.02 Å². The summed E-state index contributed by atoms with van der Waals surface area (Å²) >= 11 is 6.03. The van der Waals surface area contributed by atoms with Gasteiger partial charge in [-0.3, -0.25) is 4.79 Å². The van der Waals surface area contributed by atoms with E-state index in [0.717, 1.165) is 49.7 Å². The molecule has 0 heterocycles. The average Bonchev–Trinajstić information content (AvgIpc) is 2.97. The first-order valence-electron chi connectivity index (χ1n) is 10.1. The maximum absolute atomic E-state index is 12.5. The fourth-order valence-corrected chi connectivity index (χ4v) is 6.37. The molecule has 0 bridgehead atoms. The lowest BCUT2D eigenvalue weighted by Gasteiger charge is -2.48. The molecule has 2 fully saturated rings. The first kappa shape index (κ1) is 17.3. The molecule has 2 aromatic rings. The van der Waals surface area contributed by atoms with Gasteiger partial charge in [-0.15, -0.1) is 0 Å². The molecule has 3 aliphatic carbocycles. The molecule has 0 amide bonds. The topological polar surface area (TPSA) is 37.3 Å². The van der Waals surface area contributed by atoms with Crippen LogP contribution in [-0.4, -0.2) is 10.9 Å². The van der Waals surface area contributed by atoms with Gasteiger partial charge in [0.1, 0.15) is 11.5 Å². The standard InChI is InChI=1S/C24H25ClO2/c1-24-11-10-17-18(21(24)8-9-23(24)27)7-4-15-12-22(26)20(13-19(15)17)14-2-5-16(25)6-3-14/h2-3,5-6,12-13,17-18,21,26H,4,7-11H2,1H3/t17-,18+,21-,24-/m0/s1. The number of benzene rings is 2. The van der Waals surface area contributed by atoms with Crippen molar-refractivity contribution >= 4 is 17.4 Å². The molecule has 0 aliphatic heterocycles. The minimum Gasteiger partial charge on any atom is -0.507 e. The summed E-state index contributed by atoms with van der Waals surface area (Å²) in [5.41, 5.74) is 4.49. The van der Waals surface area contributed by atoms with Crippen molar-refractivity contribution in [1.82, 2.24) is 0 Å². The summed E-state index contributed by atoms with van der Waals surface area (Å²) in [5.74, 6) is 2.50. The first-order valence-corrected chi connectivity index (χ1v) is 10.5. The lowest BCUT2D eigenvalue weighted by molar-refractivity contribution is -0.129. The van der Waals surface area contributed by atoms with Crippen molar-refractivity contribution in [3.8, 4) is 16.9 Å². The fraction of sp³-hybridized carbons (Fsp3) is 0.458. The fourth-order valence-electron chi connectivity index (χ4n) is 6.24. The molecule has 27 heavy (non-hydrogen) atoms. The minimum atomic E-state index is -0.0887. The molecule has 3 heteroatoms. The van der Waals surface area contributed by atoms with Crippen LogP contribution in [0.3, 0.4) is 0 Å². The van der Waals surface area contributed by atoms with Gasteiger partial charge in [-0.05, 0) is 90.8 Å². The molecule has 2 saturated carbocycles. The second-order valence-corrected chi connectivity index (χ2v) is 9.35. The summed E-state index contributed by atoms with van der Waals surface area (Å²) in [6.45, 7) is 2.22. The zero-order valence-electron chi connectivity index (χ0n) is 15.7. The van der Waals surface area contributed by atoms with Gasteiger partial charge in [0.2, 0.25) is 0 Å². The maximum Gasteiger partial charge on any atom is 0.139 e. The molecule has 5 rings (SSSR count). The number of hydrogen-bond acceptors (Lipinski definition) is 2. The highest BCUT2D eigenvalue weighted by Gasteiger charge is 2.54. The number of aryl methyl sites for hydroxylation is 1. The largest absolute Gasteiger partial charge is 0.507 e. The van der Waals surface area contributed by atoms with Crippen LogP contribution in [0.4, 0.5) is 0 Å². The van der Waals surface area contributed by atoms with E-state index in [4.69, 9.17) is 11.6 Å². The third-order valence-corrected chi connectivity index (χ3v) is 7.96. The second-order valence-electron chi connectivity index (χ2n) is 8.91. The zero-order valence-corrected chi connectivity index (χ0v) is 16.4. The van der Waals surface area contributed by atoms with Gasteiger partial charge in [-0.25, -0.2) is 0 Å². The Labute approximate surface area is 165 Å². The van der Waals surface area contributed by atoms with Crippen LogP contribution in [0.1, 0.15) is 56.1 Å². The number of hydrogen-bond donors (Lipinski definition) is 1. The molecule has 2 aromatic carbocycles. The Bertz CT molecular complexity index is 917. The van der Waals surface area contributed by atoms with Gasteiger partial charge in [-0.2, -0.15) is 0 Å². The van der Waals surface area contributed by atoms with Crippen molar-refractivity contribution in [3.05, 3.63) is 52.5 Å². The predicted octanol–water partition coefficient (Wildman–Crippen LogP) is 6.14. The monoisotopic (exact) mass is 380 g/mol. The lowest BCUT2D eigenvalue weighted by atomic mass is 9.55. The summed E-state index contributed by atoms with van der Waals surface area (Å²) in [5, 5.41) is 11.3. The number of halogens is 1. The molecule has 0 spiro atoms. The van der Waals surface area contributed by atoms with Gasteiger partial charge in [0.05, 0.1) is 0 Å². The van der Waals surface area contributed by atoms with E-state index in [-0.39, 0.29) is 5.41 Å². The molecule has 1 N–H and O–H groups in total. The number of phenolic OH excluding ortho intramolecular Hbond substituents is 1. The number of carbonyl (C=O) groups is 1. The van der Waals surface area contributed by atoms with E-state index in [2.05, 4.69) is 13.0 Å². The van der Waals surface area contributed by atoms with Gasteiger partial charge in [0.25, 0.3) is 0 Å². The lowest BCUT2D eigenvalue weighted by Crippen LogP contribution is -2.42. The number of Topliss-reactive ketones (excluding diaryl/α,β-unsaturated/α-hetero) is 1. The Hall–Kier alpha value is -1.80. The van der Waals surface area contributed by atoms with Crippen molar-refractivity contribution in [2.24, 2.45) is 17.3 Å². The highest BCUT2D eigenvalue weighted by atomic mass is 35.5. The van der Waals surface area contributed by atoms with Crippen molar-refractivity contribution in [3.63, 3.8) is 0 Å². The molecule has 0 aromatic heterocycles. The minimum absolute atomic E-state index is 0.0887. The number of phenols is 1. The molecule has 140 valence electrons. The normalized spacial score (nSPS) is 31.9. The van der Waals surface area contributed by atoms with Crippen molar-refractivity contribution < 1.29 is 9.90 Å². The number of ketones is 1. The second kappa shape index (κ2) is 6.10. The summed E-state index contributed by atoms with van der Waals surface area (Å²) < 4.78 is 0. The highest BCUT2D eigenvalue weighted by molar-refractivity contribution is 6.30. The third kappa shape index (κ3) is 2.56. The predicted molar refractivity (Wildman–Crippen MR) is 108 cm³/mol. The van der Waals surface area contributed by atoms with Crippen LogP contribution in [-0.2, 0) is 11.2 Å². The molecule has 3 aliphatic rings. The number of fused-ring (bicyclic) bond motifs is 5. The molecule has 0 saturated heterocycles. The van der Waals surface area contributed by atoms with Crippen LogP contribution in [0.25, 0.3) is 11.1 Å². The van der Waals surface area contributed by atoms with Crippen LogP contribution in [0.15, 0.2) is 36.4 Å². The Morgan fingerprint density at radius 2 is 1.85 bits per heavy atom. The molecule has 0 radical (unpaired) electrons. The van der Waals surface area contributed by atoms with Crippen LogP contribution in [0.5, 0.6) is 5.75 Å². The van der Waals surface area contributed by atoms with Crippen LogP contribution >= 0.6 is 11.6 Å². The number of rotatable bonds is 1. The Balaban J connectivity index is 1.56. The van der Waals surface area contributed by atoms with Gasteiger partial charge >= 0.3 is 0 Å². The molecule has 4 atom stereocenters. The van der Waals surface area contributed by atoms with Crippen molar-refractivity contribution in [2.45, 2.75) is 51.4 Å². The highest BCUT2D eigenvalue weighted by Crippen LogP contribution is 2.60. The van der Waals surface area contributed by atoms with Crippen LogP contribution in [0, 0.1) is 17.3 Å². The van der Waals surface area contributed by atoms with Gasteiger partial charge in [0, 0.05) is 22.4 Å².